The van der Waals surface area contributed by atoms with E-state index in [4.69, 9.17) is 0 Å². The van der Waals surface area contributed by atoms with Gasteiger partial charge in [0.25, 0.3) is 0 Å². The van der Waals surface area contributed by atoms with Gasteiger partial charge in [0.2, 0.25) is 0 Å². The zero-order valence-corrected chi connectivity index (χ0v) is 26.9. The monoisotopic (exact) mass is 598 g/mol. The van der Waals surface area contributed by atoms with E-state index < -0.39 is 10.8 Å². The van der Waals surface area contributed by atoms with Crippen LogP contribution in [-0.2, 0) is 17.3 Å². The van der Waals surface area contributed by atoms with Crippen LogP contribution in [0.3, 0.4) is 0 Å². The molecule has 0 aliphatic heterocycles. The Morgan fingerprint density at radius 2 is 0.935 bits per heavy atom. The second-order valence-electron chi connectivity index (χ2n) is 13.1. The van der Waals surface area contributed by atoms with E-state index in [1.165, 1.54) is 44.5 Å². The van der Waals surface area contributed by atoms with Gasteiger partial charge in [-0.2, -0.15) is 0 Å². The van der Waals surface area contributed by atoms with Gasteiger partial charge in [0.05, 0.1) is 0 Å². The van der Waals surface area contributed by atoms with Crippen molar-refractivity contribution in [1.29, 1.82) is 0 Å². The van der Waals surface area contributed by atoms with E-state index in [1.807, 2.05) is 6.92 Å². The first-order valence-corrected chi connectivity index (χ1v) is 16.4. The van der Waals surface area contributed by atoms with E-state index in [9.17, 15) is 10.2 Å². The molecule has 0 saturated carbocycles. The average molecular weight is 599 g/mol. The number of rotatable bonds is 5. The van der Waals surface area contributed by atoms with Gasteiger partial charge >= 0.3 is 0 Å². The highest BCUT2D eigenvalue weighted by Crippen LogP contribution is 2.58. The van der Waals surface area contributed by atoms with E-state index in [1.54, 1.807) is 0 Å². The molecular weight excluding hydrogens is 560 g/mol. The molecule has 0 atom stereocenters. The van der Waals surface area contributed by atoms with Crippen molar-refractivity contribution in [2.24, 2.45) is 0 Å². The van der Waals surface area contributed by atoms with Crippen molar-refractivity contribution < 1.29 is 10.2 Å². The Hall–Kier alpha value is -5.08. The number of phenols is 2. The topological polar surface area (TPSA) is 40.5 Å². The summed E-state index contributed by atoms with van der Waals surface area (Å²) in [5.41, 5.74) is 14.5. The fraction of sp³-hybridized carbons (Fsp3) is 0.182. The minimum absolute atomic E-state index is 0.330. The minimum Gasteiger partial charge on any atom is -0.507 e. The number of hydrogen-bond acceptors (Lipinski definition) is 2. The predicted octanol–water partition coefficient (Wildman–Crippen LogP) is 10.7. The van der Waals surface area contributed by atoms with E-state index in [-0.39, 0.29) is 0 Å². The van der Waals surface area contributed by atoms with Crippen molar-refractivity contribution >= 4 is 0 Å². The molecule has 2 aliphatic rings. The first-order chi connectivity index (χ1) is 22.3. The molecule has 2 nitrogen and oxygen atoms in total. The summed E-state index contributed by atoms with van der Waals surface area (Å²) in [6.07, 6.45) is 1.52. The smallest absolute Gasteiger partial charge is 0.123 e. The molecule has 0 heterocycles. The first-order valence-electron chi connectivity index (χ1n) is 16.4. The summed E-state index contributed by atoms with van der Waals surface area (Å²) in [7, 11) is 0. The summed E-state index contributed by atoms with van der Waals surface area (Å²) in [4.78, 5) is 0. The molecule has 8 rings (SSSR count). The highest BCUT2D eigenvalue weighted by molar-refractivity contribution is 5.87. The van der Waals surface area contributed by atoms with E-state index in [2.05, 4.69) is 142 Å². The lowest BCUT2D eigenvalue weighted by Gasteiger charge is -2.34. The maximum Gasteiger partial charge on any atom is 0.123 e. The van der Waals surface area contributed by atoms with Crippen molar-refractivity contribution in [3.05, 3.63) is 166 Å². The molecule has 2 N–H and O–H groups in total. The molecule has 0 amide bonds. The number of phenolic OH excluding ortho intramolecular Hbond substituents is 2. The molecule has 2 heteroatoms. The van der Waals surface area contributed by atoms with Gasteiger partial charge in [-0.05, 0) is 118 Å². The van der Waals surface area contributed by atoms with Gasteiger partial charge in [0, 0.05) is 22.0 Å². The second-order valence-corrected chi connectivity index (χ2v) is 13.1. The molecule has 2 aliphatic carbocycles. The maximum absolute atomic E-state index is 12.0. The van der Waals surface area contributed by atoms with Crippen molar-refractivity contribution in [3.8, 4) is 44.9 Å². The molecule has 0 bridgehead atoms. The fourth-order valence-corrected chi connectivity index (χ4v) is 8.71. The Bertz CT molecular complexity index is 2090. The zero-order chi connectivity index (χ0) is 31.8. The molecule has 0 radical (unpaired) electrons. The van der Waals surface area contributed by atoms with Gasteiger partial charge in [-0.25, -0.2) is 0 Å². The van der Waals surface area contributed by atoms with Crippen LogP contribution in [0.2, 0.25) is 0 Å². The van der Waals surface area contributed by atoms with E-state index >= 15 is 0 Å². The molecular formula is C44H38O2. The lowest BCUT2D eigenvalue weighted by molar-refractivity contribution is 0.445. The van der Waals surface area contributed by atoms with Crippen LogP contribution in [0.5, 0.6) is 11.5 Å². The normalized spacial score (nSPS) is 14.8. The lowest BCUT2D eigenvalue weighted by atomic mass is 9.69. The maximum atomic E-state index is 12.0. The molecule has 0 aromatic heterocycles. The Morgan fingerprint density at radius 1 is 0.500 bits per heavy atom. The Kier molecular flexibility index (Phi) is 6.31. The van der Waals surface area contributed by atoms with Crippen molar-refractivity contribution in [2.75, 3.05) is 0 Å². The Labute approximate surface area is 271 Å². The molecule has 6 aromatic carbocycles. The molecule has 0 fully saturated rings. The van der Waals surface area contributed by atoms with Crippen molar-refractivity contribution in [2.45, 2.75) is 51.4 Å². The van der Waals surface area contributed by atoms with Crippen molar-refractivity contribution in [3.63, 3.8) is 0 Å². The van der Waals surface area contributed by atoms with Gasteiger partial charge < -0.3 is 10.2 Å². The number of aryl methyl sites for hydroxylation is 2. The van der Waals surface area contributed by atoms with E-state index in [0.717, 1.165) is 39.8 Å². The summed E-state index contributed by atoms with van der Waals surface area (Å²) in [5.74, 6) is 0.706. The fourth-order valence-electron chi connectivity index (χ4n) is 8.71. The van der Waals surface area contributed by atoms with Gasteiger partial charge in [-0.3, -0.25) is 0 Å². The average Bonchev–Trinajstić information content (AvgIpc) is 3.54. The standard InChI is InChI=1S/C44H38O2/c1-5-28-24-30(26-40(42(28)46)44(6-2)37-21-13-9-17-33(37)34-18-10-14-22-38(34)44)29-23-27(3)41(45)39(25-29)43(4)35-19-11-7-15-31(35)32-16-8-12-20-36(32)43/h7-26,45-46H,5-6H2,1-4H3. The third-order valence-corrected chi connectivity index (χ3v) is 11.0. The van der Waals surface area contributed by atoms with Crippen LogP contribution in [0.15, 0.2) is 121 Å². The molecule has 6 aromatic rings. The Morgan fingerprint density at radius 3 is 1.43 bits per heavy atom. The van der Waals surface area contributed by atoms with Gasteiger partial charge in [-0.15, -0.1) is 0 Å². The van der Waals surface area contributed by atoms with Gasteiger partial charge in [0.15, 0.2) is 0 Å². The van der Waals surface area contributed by atoms with Crippen LogP contribution >= 0.6 is 0 Å². The second kappa shape index (κ2) is 10.2. The van der Waals surface area contributed by atoms with Crippen LogP contribution in [0.25, 0.3) is 33.4 Å². The quantitative estimate of drug-likeness (QED) is 0.207. The summed E-state index contributed by atoms with van der Waals surface area (Å²) in [5, 5.41) is 23.8. The van der Waals surface area contributed by atoms with Crippen LogP contribution < -0.4 is 0 Å². The first kappa shape index (κ1) is 28.4. The van der Waals surface area contributed by atoms with Crippen LogP contribution in [0.4, 0.5) is 0 Å². The third-order valence-electron chi connectivity index (χ3n) is 11.0. The molecule has 0 spiro atoms. The number of benzene rings is 6. The molecule has 226 valence electrons. The van der Waals surface area contributed by atoms with Crippen LogP contribution in [0, 0.1) is 6.92 Å². The van der Waals surface area contributed by atoms with Crippen molar-refractivity contribution in [1.82, 2.24) is 0 Å². The summed E-state index contributed by atoms with van der Waals surface area (Å²) in [6.45, 7) is 8.58. The molecule has 46 heavy (non-hydrogen) atoms. The lowest BCUT2D eigenvalue weighted by Crippen LogP contribution is -2.26. The largest absolute Gasteiger partial charge is 0.507 e. The number of aromatic hydroxyl groups is 2. The van der Waals surface area contributed by atoms with E-state index in [0.29, 0.717) is 17.9 Å². The number of fused-ring (bicyclic) bond motifs is 6. The number of hydrogen-bond donors (Lipinski definition) is 2. The molecule has 0 saturated heterocycles. The zero-order valence-electron chi connectivity index (χ0n) is 26.9. The Balaban J connectivity index is 1.39. The summed E-state index contributed by atoms with van der Waals surface area (Å²) < 4.78 is 0. The summed E-state index contributed by atoms with van der Waals surface area (Å²) in [6, 6.07) is 43.1. The predicted molar refractivity (Wildman–Crippen MR) is 189 cm³/mol. The third kappa shape index (κ3) is 3.64. The highest BCUT2D eigenvalue weighted by atomic mass is 16.3. The SMILES string of the molecule is CCc1cc(-c2cc(C)c(O)c(C3(C)c4ccccc4-c4ccccc43)c2)cc(C2(CC)c3ccccc3-c3ccccc32)c1O. The van der Waals surface area contributed by atoms with Gasteiger partial charge in [0.1, 0.15) is 11.5 Å². The van der Waals surface area contributed by atoms with Gasteiger partial charge in [-0.1, -0.05) is 111 Å². The van der Waals surface area contributed by atoms with Crippen LogP contribution in [-0.4, -0.2) is 10.2 Å². The molecule has 0 unspecified atom stereocenters. The summed E-state index contributed by atoms with van der Waals surface area (Å²) >= 11 is 0. The highest BCUT2D eigenvalue weighted by Gasteiger charge is 2.46. The minimum atomic E-state index is -0.528. The van der Waals surface area contributed by atoms with Crippen LogP contribution in [0.1, 0.15) is 71.7 Å².